The van der Waals surface area contributed by atoms with E-state index in [2.05, 4.69) is 5.32 Å². The maximum Gasteiger partial charge on any atom is 0.344 e. The molecule has 4 amide bonds. The van der Waals surface area contributed by atoms with Crippen LogP contribution in [0.3, 0.4) is 0 Å². The van der Waals surface area contributed by atoms with E-state index in [9.17, 15) is 19.2 Å². The average Bonchev–Trinajstić information content (AvgIpc) is 2.73. The standard InChI is InChI=1S/C22H20N2O7/c1-12-7-9-15(10-8-12)24-20(26)16(19(25)23-22(24)29)11-14-5-4-6-17(30-3)18(14)31-13(2)21(27)28/h4-11,13H,1-3H3,(H,27,28)(H,23,25,29)/b16-11+/t13-/m1/s1. The number of urea groups is 1. The zero-order chi connectivity index (χ0) is 22.7. The van der Waals surface area contributed by atoms with Crippen LogP contribution in [0.2, 0.25) is 0 Å². The number of carboxylic acids is 1. The van der Waals surface area contributed by atoms with Crippen LogP contribution in [-0.4, -0.2) is 42.1 Å². The van der Waals surface area contributed by atoms with Crippen LogP contribution in [0.1, 0.15) is 18.1 Å². The third-order valence-electron chi connectivity index (χ3n) is 4.57. The van der Waals surface area contributed by atoms with E-state index in [-0.39, 0.29) is 22.6 Å². The summed E-state index contributed by atoms with van der Waals surface area (Å²) in [5.74, 6) is -2.63. The Labute approximate surface area is 177 Å². The van der Waals surface area contributed by atoms with Gasteiger partial charge in [-0.25, -0.2) is 14.5 Å². The molecule has 160 valence electrons. The maximum absolute atomic E-state index is 13.0. The number of barbiturate groups is 1. The molecule has 1 heterocycles. The molecule has 1 fully saturated rings. The van der Waals surface area contributed by atoms with Gasteiger partial charge in [-0.1, -0.05) is 29.8 Å². The summed E-state index contributed by atoms with van der Waals surface area (Å²) in [5, 5.41) is 11.3. The SMILES string of the molecule is COc1cccc(/C=C2\C(=O)NC(=O)N(c3ccc(C)cc3)C2=O)c1O[C@H](C)C(=O)O. The van der Waals surface area contributed by atoms with Gasteiger partial charge in [0.15, 0.2) is 17.6 Å². The highest BCUT2D eigenvalue weighted by Crippen LogP contribution is 2.34. The number of carboxylic acid groups (broad SMARTS) is 1. The van der Waals surface area contributed by atoms with Crippen molar-refractivity contribution >= 4 is 35.6 Å². The summed E-state index contributed by atoms with van der Waals surface area (Å²) in [6.45, 7) is 3.20. The molecule has 2 aromatic rings. The van der Waals surface area contributed by atoms with E-state index < -0.39 is 29.9 Å². The van der Waals surface area contributed by atoms with Gasteiger partial charge in [-0.15, -0.1) is 0 Å². The Morgan fingerprint density at radius 3 is 2.42 bits per heavy atom. The second-order valence-corrected chi connectivity index (χ2v) is 6.77. The number of amides is 4. The van der Waals surface area contributed by atoms with Crippen LogP contribution < -0.4 is 19.7 Å². The van der Waals surface area contributed by atoms with E-state index in [1.54, 1.807) is 36.4 Å². The molecule has 0 aliphatic carbocycles. The Hall–Kier alpha value is -4.14. The highest BCUT2D eigenvalue weighted by molar-refractivity contribution is 6.39. The van der Waals surface area contributed by atoms with E-state index in [0.717, 1.165) is 10.5 Å². The van der Waals surface area contributed by atoms with Gasteiger partial charge in [0.1, 0.15) is 5.57 Å². The third-order valence-corrected chi connectivity index (χ3v) is 4.57. The average molecular weight is 424 g/mol. The molecule has 0 radical (unpaired) electrons. The van der Waals surface area contributed by atoms with Crippen molar-refractivity contribution in [1.82, 2.24) is 5.32 Å². The topological polar surface area (TPSA) is 122 Å². The molecule has 1 atom stereocenters. The molecule has 9 nitrogen and oxygen atoms in total. The van der Waals surface area contributed by atoms with Crippen LogP contribution >= 0.6 is 0 Å². The first-order chi connectivity index (χ1) is 14.7. The highest BCUT2D eigenvalue weighted by Gasteiger charge is 2.37. The number of anilines is 1. The molecule has 31 heavy (non-hydrogen) atoms. The van der Waals surface area contributed by atoms with E-state index in [1.165, 1.54) is 26.2 Å². The quantitative estimate of drug-likeness (QED) is 0.540. The lowest BCUT2D eigenvalue weighted by Gasteiger charge is -2.26. The number of carbonyl (C=O) groups excluding carboxylic acids is 3. The fraction of sp³-hybridized carbons (Fsp3) is 0.182. The number of para-hydroxylation sites is 1. The predicted octanol–water partition coefficient (Wildman–Crippen LogP) is 2.52. The van der Waals surface area contributed by atoms with E-state index in [0.29, 0.717) is 5.69 Å². The number of benzene rings is 2. The molecule has 0 unspecified atom stereocenters. The van der Waals surface area contributed by atoms with Crippen LogP contribution in [0.25, 0.3) is 6.08 Å². The number of nitrogens with zero attached hydrogens (tertiary/aromatic N) is 1. The summed E-state index contributed by atoms with van der Waals surface area (Å²) in [4.78, 5) is 49.9. The summed E-state index contributed by atoms with van der Waals surface area (Å²) in [6, 6.07) is 10.5. The number of aryl methyl sites for hydroxylation is 1. The lowest BCUT2D eigenvalue weighted by Crippen LogP contribution is -2.54. The highest BCUT2D eigenvalue weighted by atomic mass is 16.5. The van der Waals surface area contributed by atoms with Crippen molar-refractivity contribution in [3.05, 3.63) is 59.2 Å². The zero-order valence-corrected chi connectivity index (χ0v) is 17.0. The molecular weight excluding hydrogens is 404 g/mol. The minimum absolute atomic E-state index is 0.0479. The van der Waals surface area contributed by atoms with Gasteiger partial charge in [0, 0.05) is 5.56 Å². The molecule has 0 saturated carbocycles. The van der Waals surface area contributed by atoms with Crippen LogP contribution in [-0.2, 0) is 14.4 Å². The Morgan fingerprint density at radius 1 is 1.13 bits per heavy atom. The van der Waals surface area contributed by atoms with Crippen molar-refractivity contribution in [3.8, 4) is 11.5 Å². The molecule has 0 aromatic heterocycles. The molecule has 0 spiro atoms. The lowest BCUT2D eigenvalue weighted by molar-refractivity contribution is -0.144. The summed E-state index contributed by atoms with van der Waals surface area (Å²) in [6.07, 6.45) is 0.0209. The number of hydrogen-bond donors (Lipinski definition) is 2. The van der Waals surface area contributed by atoms with Crippen LogP contribution in [0.15, 0.2) is 48.0 Å². The van der Waals surface area contributed by atoms with E-state index in [4.69, 9.17) is 14.6 Å². The zero-order valence-electron chi connectivity index (χ0n) is 17.0. The van der Waals surface area contributed by atoms with Gasteiger partial charge in [0.2, 0.25) is 0 Å². The Bertz CT molecular complexity index is 1090. The van der Waals surface area contributed by atoms with E-state index >= 15 is 0 Å². The van der Waals surface area contributed by atoms with Gasteiger partial charge in [0.25, 0.3) is 11.8 Å². The molecule has 0 bridgehead atoms. The first-order valence-electron chi connectivity index (χ1n) is 9.27. The predicted molar refractivity (Wildman–Crippen MR) is 111 cm³/mol. The first-order valence-corrected chi connectivity index (χ1v) is 9.27. The normalized spacial score (nSPS) is 16.2. The van der Waals surface area contributed by atoms with Crippen molar-refractivity contribution in [2.45, 2.75) is 20.0 Å². The van der Waals surface area contributed by atoms with Crippen molar-refractivity contribution in [3.63, 3.8) is 0 Å². The number of nitrogens with one attached hydrogen (secondary N) is 1. The maximum atomic E-state index is 13.0. The fourth-order valence-corrected chi connectivity index (χ4v) is 2.90. The number of hydrogen-bond acceptors (Lipinski definition) is 6. The number of methoxy groups -OCH3 is 1. The minimum atomic E-state index is -1.21. The van der Waals surface area contributed by atoms with Crippen molar-refractivity contribution in [2.75, 3.05) is 12.0 Å². The number of rotatable bonds is 6. The molecule has 1 saturated heterocycles. The van der Waals surface area contributed by atoms with Gasteiger partial charge in [0.05, 0.1) is 12.8 Å². The third kappa shape index (κ3) is 4.40. The van der Waals surface area contributed by atoms with Crippen molar-refractivity contribution in [2.24, 2.45) is 0 Å². The molecule has 1 aliphatic heterocycles. The number of aliphatic carboxylic acids is 1. The molecule has 2 N–H and O–H groups in total. The van der Waals surface area contributed by atoms with Gasteiger partial charge < -0.3 is 14.6 Å². The Balaban J connectivity index is 2.06. The fourth-order valence-electron chi connectivity index (χ4n) is 2.90. The summed E-state index contributed by atoms with van der Waals surface area (Å²) in [7, 11) is 1.38. The summed E-state index contributed by atoms with van der Waals surface area (Å²) >= 11 is 0. The summed E-state index contributed by atoms with van der Waals surface area (Å²) in [5.41, 5.74) is 1.16. The van der Waals surface area contributed by atoms with Crippen LogP contribution in [0.4, 0.5) is 10.5 Å². The van der Waals surface area contributed by atoms with Gasteiger partial charge in [-0.05, 0) is 38.1 Å². The van der Waals surface area contributed by atoms with Crippen molar-refractivity contribution < 1.29 is 33.8 Å². The Kier molecular flexibility index (Phi) is 6.05. The molecule has 3 rings (SSSR count). The Morgan fingerprint density at radius 2 is 1.81 bits per heavy atom. The molecule has 2 aromatic carbocycles. The second-order valence-electron chi connectivity index (χ2n) is 6.77. The van der Waals surface area contributed by atoms with Crippen LogP contribution in [0.5, 0.6) is 11.5 Å². The second kappa shape index (κ2) is 8.70. The largest absolute Gasteiger partial charge is 0.493 e. The van der Waals surface area contributed by atoms with Gasteiger partial charge >= 0.3 is 12.0 Å². The monoisotopic (exact) mass is 424 g/mol. The number of ether oxygens (including phenoxy) is 2. The van der Waals surface area contributed by atoms with E-state index in [1.807, 2.05) is 6.92 Å². The van der Waals surface area contributed by atoms with Gasteiger partial charge in [-0.3, -0.25) is 14.9 Å². The molecule has 1 aliphatic rings. The smallest absolute Gasteiger partial charge is 0.344 e. The minimum Gasteiger partial charge on any atom is -0.493 e. The van der Waals surface area contributed by atoms with Crippen molar-refractivity contribution in [1.29, 1.82) is 0 Å². The number of carbonyl (C=O) groups is 4. The molecule has 9 heteroatoms. The molecular formula is C22H20N2O7. The van der Waals surface area contributed by atoms with Gasteiger partial charge in [-0.2, -0.15) is 0 Å². The van der Waals surface area contributed by atoms with Crippen LogP contribution in [0, 0.1) is 6.92 Å². The lowest BCUT2D eigenvalue weighted by atomic mass is 10.1. The first kappa shape index (κ1) is 21.6. The number of imide groups is 2. The summed E-state index contributed by atoms with van der Waals surface area (Å²) < 4.78 is 10.7.